The first-order valence-corrected chi connectivity index (χ1v) is 8.78. The van der Waals surface area contributed by atoms with Gasteiger partial charge in [-0.25, -0.2) is 4.39 Å². The van der Waals surface area contributed by atoms with Crippen LogP contribution in [0, 0.1) is 17.2 Å². The van der Waals surface area contributed by atoms with E-state index >= 15 is 0 Å². The predicted molar refractivity (Wildman–Crippen MR) is 92.7 cm³/mol. The number of carbonyl (C=O) groups excluding carboxylic acids is 1. The summed E-state index contributed by atoms with van der Waals surface area (Å²) >= 11 is 0. The molecule has 0 radical (unpaired) electrons. The Kier molecular flexibility index (Phi) is 4.54. The Hall–Kier alpha value is -1.66. The van der Waals surface area contributed by atoms with Crippen molar-refractivity contribution in [3.63, 3.8) is 0 Å². The molecule has 1 saturated carbocycles. The number of benzene rings is 1. The zero-order valence-corrected chi connectivity index (χ0v) is 15.3. The minimum Gasteiger partial charge on any atom is -0.496 e. The molecule has 4 atom stereocenters. The molecule has 2 aliphatic rings. The molecule has 5 nitrogen and oxygen atoms in total. The van der Waals surface area contributed by atoms with Crippen molar-refractivity contribution in [1.82, 2.24) is 5.32 Å². The third-order valence-corrected chi connectivity index (χ3v) is 6.07. The maximum absolute atomic E-state index is 13.6. The first-order chi connectivity index (χ1) is 11.7. The van der Waals surface area contributed by atoms with Gasteiger partial charge in [-0.15, -0.1) is 0 Å². The number of amides is 1. The highest BCUT2D eigenvalue weighted by molar-refractivity contribution is 5.89. The average Bonchev–Trinajstić information content (AvgIpc) is 2.60. The van der Waals surface area contributed by atoms with Crippen molar-refractivity contribution in [3.05, 3.63) is 29.6 Å². The monoisotopic (exact) mass is 350 g/mol. The highest BCUT2D eigenvalue weighted by Crippen LogP contribution is 2.57. The first kappa shape index (κ1) is 18.1. The number of rotatable bonds is 4. The maximum Gasteiger partial charge on any atom is 0.241 e. The van der Waals surface area contributed by atoms with Crippen LogP contribution in [0.4, 0.5) is 4.39 Å². The summed E-state index contributed by atoms with van der Waals surface area (Å²) in [4.78, 5) is 13.1. The molecule has 6 heteroatoms. The molecule has 1 aromatic rings. The van der Waals surface area contributed by atoms with Crippen molar-refractivity contribution in [2.75, 3.05) is 13.7 Å². The number of carbonyl (C=O) groups is 1. The second-order valence-corrected chi connectivity index (χ2v) is 7.71. The molecule has 0 aromatic heterocycles. The standard InChI is InChI=1S/C19H27FN2O3/c1-11(13-10-12(20)7-8-15(13)24-4)22-17(23)19(21)14-6-5-9-25-16(14)18(19,2)3/h7-8,10-11,14,16H,5-6,9,21H2,1-4H3,(H,22,23). The first-order valence-electron chi connectivity index (χ1n) is 8.78. The molecule has 3 N–H and O–H groups in total. The van der Waals surface area contributed by atoms with Gasteiger partial charge < -0.3 is 20.5 Å². The highest BCUT2D eigenvalue weighted by atomic mass is 19.1. The van der Waals surface area contributed by atoms with Gasteiger partial charge in [-0.05, 0) is 38.0 Å². The number of methoxy groups -OCH3 is 1. The summed E-state index contributed by atoms with van der Waals surface area (Å²) in [5.41, 5.74) is 5.76. The van der Waals surface area contributed by atoms with Gasteiger partial charge >= 0.3 is 0 Å². The van der Waals surface area contributed by atoms with Crippen LogP contribution in [0.25, 0.3) is 0 Å². The van der Waals surface area contributed by atoms with Crippen LogP contribution in [0.3, 0.4) is 0 Å². The lowest BCUT2D eigenvalue weighted by Gasteiger charge is -2.65. The predicted octanol–water partition coefficient (Wildman–Crippen LogP) is 2.54. The highest BCUT2D eigenvalue weighted by Gasteiger charge is 2.70. The molecule has 138 valence electrons. The number of nitrogens with one attached hydrogen (secondary N) is 1. The fraction of sp³-hybridized carbons (Fsp3) is 0.632. The number of fused-ring (bicyclic) bond motifs is 1. The fourth-order valence-corrected chi connectivity index (χ4v) is 4.47. The van der Waals surface area contributed by atoms with Crippen LogP contribution in [0.1, 0.15) is 45.2 Å². The second kappa shape index (κ2) is 6.25. The number of ether oxygens (including phenoxy) is 2. The lowest BCUT2D eigenvalue weighted by Crippen LogP contribution is -2.82. The molecular formula is C19H27FN2O3. The van der Waals surface area contributed by atoms with E-state index in [-0.39, 0.29) is 23.7 Å². The summed E-state index contributed by atoms with van der Waals surface area (Å²) in [5.74, 6) is -0.0444. The summed E-state index contributed by atoms with van der Waals surface area (Å²) < 4.78 is 24.8. The van der Waals surface area contributed by atoms with Crippen LogP contribution in [-0.2, 0) is 9.53 Å². The summed E-state index contributed by atoms with van der Waals surface area (Å²) in [6.45, 7) is 6.48. The van der Waals surface area contributed by atoms with E-state index in [1.807, 2.05) is 13.8 Å². The summed E-state index contributed by atoms with van der Waals surface area (Å²) in [5, 5.41) is 2.96. The van der Waals surface area contributed by atoms with E-state index in [0.29, 0.717) is 11.3 Å². The number of nitrogens with two attached hydrogens (primary N) is 1. The zero-order chi connectivity index (χ0) is 18.4. The molecule has 0 spiro atoms. The number of hydrogen-bond acceptors (Lipinski definition) is 4. The molecule has 2 fully saturated rings. The lowest BCUT2D eigenvalue weighted by atomic mass is 9.46. The molecule has 1 aliphatic heterocycles. The Morgan fingerprint density at radius 2 is 2.20 bits per heavy atom. The minimum absolute atomic E-state index is 0.0102. The Morgan fingerprint density at radius 3 is 2.88 bits per heavy atom. The minimum atomic E-state index is -0.993. The molecular weight excluding hydrogens is 323 g/mol. The van der Waals surface area contributed by atoms with Crippen LogP contribution < -0.4 is 15.8 Å². The zero-order valence-electron chi connectivity index (χ0n) is 15.3. The topological polar surface area (TPSA) is 73.6 Å². The third-order valence-electron chi connectivity index (χ3n) is 6.07. The SMILES string of the molecule is COc1ccc(F)cc1C(C)NC(=O)C1(N)C2CCCOC2C1(C)C. The Labute approximate surface area is 148 Å². The third kappa shape index (κ3) is 2.62. The van der Waals surface area contributed by atoms with E-state index < -0.39 is 17.0 Å². The van der Waals surface area contributed by atoms with E-state index in [1.165, 1.54) is 19.2 Å². The Balaban J connectivity index is 1.81. The van der Waals surface area contributed by atoms with Crippen molar-refractivity contribution in [2.45, 2.75) is 51.3 Å². The van der Waals surface area contributed by atoms with Crippen LogP contribution in [0.15, 0.2) is 18.2 Å². The van der Waals surface area contributed by atoms with Gasteiger partial charge in [-0.3, -0.25) is 4.79 Å². The van der Waals surface area contributed by atoms with Gasteiger partial charge in [-0.1, -0.05) is 13.8 Å². The maximum atomic E-state index is 13.6. The molecule has 1 amide bonds. The van der Waals surface area contributed by atoms with E-state index in [4.69, 9.17) is 15.2 Å². The van der Waals surface area contributed by atoms with Crippen molar-refractivity contribution in [2.24, 2.45) is 17.1 Å². The van der Waals surface area contributed by atoms with E-state index in [2.05, 4.69) is 5.32 Å². The molecule has 1 aromatic carbocycles. The smallest absolute Gasteiger partial charge is 0.241 e. The molecule has 1 aliphatic carbocycles. The molecule has 0 bridgehead atoms. The normalized spacial score (nSPS) is 31.4. The van der Waals surface area contributed by atoms with Crippen LogP contribution in [0.2, 0.25) is 0 Å². The average molecular weight is 350 g/mol. The van der Waals surface area contributed by atoms with Crippen LogP contribution in [-0.4, -0.2) is 31.3 Å². The summed E-state index contributed by atoms with van der Waals surface area (Å²) in [6, 6.07) is 3.85. The summed E-state index contributed by atoms with van der Waals surface area (Å²) in [7, 11) is 1.52. The Bertz CT molecular complexity index is 679. The van der Waals surface area contributed by atoms with Gasteiger partial charge in [0.1, 0.15) is 17.1 Å². The van der Waals surface area contributed by atoms with E-state index in [9.17, 15) is 9.18 Å². The van der Waals surface area contributed by atoms with Crippen molar-refractivity contribution in [1.29, 1.82) is 0 Å². The molecule has 3 rings (SSSR count). The molecule has 4 unspecified atom stereocenters. The molecule has 1 heterocycles. The largest absolute Gasteiger partial charge is 0.496 e. The number of halogens is 1. The van der Waals surface area contributed by atoms with E-state index in [1.54, 1.807) is 13.0 Å². The van der Waals surface area contributed by atoms with Gasteiger partial charge in [-0.2, -0.15) is 0 Å². The second-order valence-electron chi connectivity index (χ2n) is 7.71. The van der Waals surface area contributed by atoms with Gasteiger partial charge in [0, 0.05) is 23.5 Å². The fourth-order valence-electron chi connectivity index (χ4n) is 4.47. The molecule has 25 heavy (non-hydrogen) atoms. The van der Waals surface area contributed by atoms with Crippen LogP contribution >= 0.6 is 0 Å². The van der Waals surface area contributed by atoms with Crippen molar-refractivity contribution >= 4 is 5.91 Å². The van der Waals surface area contributed by atoms with Crippen LogP contribution in [0.5, 0.6) is 5.75 Å². The van der Waals surface area contributed by atoms with Gasteiger partial charge in [0.15, 0.2) is 0 Å². The van der Waals surface area contributed by atoms with E-state index in [0.717, 1.165) is 19.4 Å². The summed E-state index contributed by atoms with van der Waals surface area (Å²) in [6.07, 6.45) is 1.81. The Morgan fingerprint density at radius 1 is 1.48 bits per heavy atom. The van der Waals surface area contributed by atoms with Gasteiger partial charge in [0.2, 0.25) is 5.91 Å². The molecule has 1 saturated heterocycles. The van der Waals surface area contributed by atoms with Gasteiger partial charge in [0.05, 0.1) is 19.3 Å². The van der Waals surface area contributed by atoms with Crippen molar-refractivity contribution in [3.8, 4) is 5.75 Å². The number of hydrogen-bond donors (Lipinski definition) is 2. The van der Waals surface area contributed by atoms with Crippen molar-refractivity contribution < 1.29 is 18.7 Å². The lowest BCUT2D eigenvalue weighted by molar-refractivity contribution is -0.225. The quantitative estimate of drug-likeness (QED) is 0.875. The van der Waals surface area contributed by atoms with Gasteiger partial charge in [0.25, 0.3) is 0 Å².